The first-order chi connectivity index (χ1) is 15.2. The first-order valence-corrected chi connectivity index (χ1v) is 11.8. The van der Waals surface area contributed by atoms with Crippen molar-refractivity contribution in [1.29, 1.82) is 0 Å². The summed E-state index contributed by atoms with van der Waals surface area (Å²) in [5.74, 6) is 3.01. The fraction of sp³-hybridized carbons (Fsp3) is 0.538. The maximum Gasteiger partial charge on any atom is 0.228 e. The molecule has 31 heavy (non-hydrogen) atoms. The van der Waals surface area contributed by atoms with E-state index in [2.05, 4.69) is 22.0 Å². The molecule has 1 aliphatic carbocycles. The van der Waals surface area contributed by atoms with Crippen LogP contribution in [0.2, 0.25) is 0 Å². The Kier molecular flexibility index (Phi) is 7.57. The van der Waals surface area contributed by atoms with E-state index in [1.807, 2.05) is 35.2 Å². The second kappa shape index (κ2) is 10.8. The first-order valence-electron chi connectivity index (χ1n) is 11.8. The molecular formula is C26H35N3O2. The number of likely N-dealkylation sites (tertiary alicyclic amines) is 1. The molecule has 1 amide bonds. The Labute approximate surface area is 186 Å². The Balaban J connectivity index is 1.35. The summed E-state index contributed by atoms with van der Waals surface area (Å²) in [6.07, 6.45) is 9.83. The molecule has 0 N–H and O–H groups in total. The molecule has 2 aliphatic rings. The lowest BCUT2D eigenvalue weighted by Crippen LogP contribution is -2.39. The molecular weight excluding hydrogens is 386 g/mol. The number of aromatic nitrogens is 1. The fourth-order valence-corrected chi connectivity index (χ4v) is 5.05. The summed E-state index contributed by atoms with van der Waals surface area (Å²) >= 11 is 0. The molecule has 5 nitrogen and oxygen atoms in total. The predicted molar refractivity (Wildman–Crippen MR) is 125 cm³/mol. The van der Waals surface area contributed by atoms with E-state index < -0.39 is 0 Å². The Hall–Kier alpha value is -2.40. The second-order valence-corrected chi connectivity index (χ2v) is 9.00. The average molecular weight is 422 g/mol. The SMILES string of the molecule is COc1ccc(C2CCN(CCN(C(=O)CC3CCCCC3)c3ccccn3)C2)cc1. The van der Waals surface area contributed by atoms with Crippen LogP contribution in [0.5, 0.6) is 5.75 Å². The molecule has 1 aromatic carbocycles. The first kappa shape index (κ1) is 21.8. The van der Waals surface area contributed by atoms with E-state index in [0.29, 0.717) is 24.8 Å². The number of hydrogen-bond donors (Lipinski definition) is 0. The van der Waals surface area contributed by atoms with Gasteiger partial charge in [-0.25, -0.2) is 4.98 Å². The normalized spacial score (nSPS) is 20.0. The van der Waals surface area contributed by atoms with Crippen molar-refractivity contribution in [3.63, 3.8) is 0 Å². The summed E-state index contributed by atoms with van der Waals surface area (Å²) < 4.78 is 5.28. The summed E-state index contributed by atoms with van der Waals surface area (Å²) in [7, 11) is 1.70. The van der Waals surface area contributed by atoms with Crippen LogP contribution in [-0.2, 0) is 4.79 Å². The molecule has 5 heteroatoms. The molecule has 0 spiro atoms. The van der Waals surface area contributed by atoms with Crippen LogP contribution in [0.15, 0.2) is 48.7 Å². The van der Waals surface area contributed by atoms with Crippen molar-refractivity contribution in [1.82, 2.24) is 9.88 Å². The smallest absolute Gasteiger partial charge is 0.228 e. The quantitative estimate of drug-likeness (QED) is 0.609. The lowest BCUT2D eigenvalue weighted by molar-refractivity contribution is -0.119. The van der Waals surface area contributed by atoms with Gasteiger partial charge < -0.3 is 9.64 Å². The molecule has 2 aromatic rings. The van der Waals surface area contributed by atoms with Crippen LogP contribution in [0.25, 0.3) is 0 Å². The monoisotopic (exact) mass is 421 g/mol. The molecule has 1 aliphatic heterocycles. The number of methoxy groups -OCH3 is 1. The molecule has 0 bridgehead atoms. The minimum Gasteiger partial charge on any atom is -0.497 e. The van der Waals surface area contributed by atoms with Gasteiger partial charge in [0.15, 0.2) is 0 Å². The van der Waals surface area contributed by atoms with Gasteiger partial charge in [-0.05, 0) is 67.5 Å². The zero-order chi connectivity index (χ0) is 21.5. The van der Waals surface area contributed by atoms with Gasteiger partial charge in [0.2, 0.25) is 5.91 Å². The van der Waals surface area contributed by atoms with Gasteiger partial charge in [-0.15, -0.1) is 0 Å². The molecule has 4 rings (SSSR count). The summed E-state index contributed by atoms with van der Waals surface area (Å²) in [5, 5.41) is 0. The Morgan fingerprint density at radius 3 is 2.61 bits per heavy atom. The molecule has 2 heterocycles. The van der Waals surface area contributed by atoms with Gasteiger partial charge in [0.1, 0.15) is 11.6 Å². The number of amides is 1. The van der Waals surface area contributed by atoms with Gasteiger partial charge in [0.05, 0.1) is 7.11 Å². The maximum atomic E-state index is 13.2. The average Bonchev–Trinajstić information content (AvgIpc) is 3.30. The molecule has 1 saturated carbocycles. The number of pyridine rings is 1. The van der Waals surface area contributed by atoms with Crippen LogP contribution in [0, 0.1) is 5.92 Å². The van der Waals surface area contributed by atoms with Crippen molar-refractivity contribution in [2.24, 2.45) is 5.92 Å². The van der Waals surface area contributed by atoms with Crippen molar-refractivity contribution in [2.75, 3.05) is 38.2 Å². The topological polar surface area (TPSA) is 45.7 Å². The summed E-state index contributed by atoms with van der Waals surface area (Å²) in [5.41, 5.74) is 1.37. The van der Waals surface area contributed by atoms with Gasteiger partial charge in [0.25, 0.3) is 0 Å². The van der Waals surface area contributed by atoms with Crippen molar-refractivity contribution in [2.45, 2.75) is 50.9 Å². The highest BCUT2D eigenvalue weighted by Gasteiger charge is 2.27. The second-order valence-electron chi connectivity index (χ2n) is 9.00. The zero-order valence-electron chi connectivity index (χ0n) is 18.7. The minimum atomic E-state index is 0.233. The third kappa shape index (κ3) is 5.85. The van der Waals surface area contributed by atoms with E-state index in [4.69, 9.17) is 4.74 Å². The fourth-order valence-electron chi connectivity index (χ4n) is 5.05. The van der Waals surface area contributed by atoms with Gasteiger partial charge in [-0.2, -0.15) is 0 Å². The lowest BCUT2D eigenvalue weighted by Gasteiger charge is -2.28. The largest absolute Gasteiger partial charge is 0.497 e. The van der Waals surface area contributed by atoms with E-state index in [1.165, 1.54) is 37.7 Å². The molecule has 1 unspecified atom stereocenters. The van der Waals surface area contributed by atoms with Crippen LogP contribution in [0.1, 0.15) is 56.4 Å². The number of hydrogen-bond acceptors (Lipinski definition) is 4. The number of benzene rings is 1. The lowest BCUT2D eigenvalue weighted by atomic mass is 9.86. The van der Waals surface area contributed by atoms with E-state index in [0.717, 1.165) is 37.6 Å². The Morgan fingerprint density at radius 2 is 1.90 bits per heavy atom. The number of nitrogens with zero attached hydrogens (tertiary/aromatic N) is 3. The molecule has 1 saturated heterocycles. The summed E-state index contributed by atoms with van der Waals surface area (Å²) in [6.45, 7) is 3.71. The van der Waals surface area contributed by atoms with Gasteiger partial charge in [-0.3, -0.25) is 9.69 Å². The summed E-state index contributed by atoms with van der Waals surface area (Å²) in [4.78, 5) is 22.1. The Morgan fingerprint density at radius 1 is 1.10 bits per heavy atom. The van der Waals surface area contributed by atoms with Gasteiger partial charge >= 0.3 is 0 Å². The van der Waals surface area contributed by atoms with Gasteiger partial charge in [-0.1, -0.05) is 37.5 Å². The predicted octanol–water partition coefficient (Wildman–Crippen LogP) is 4.88. The van der Waals surface area contributed by atoms with Crippen LogP contribution >= 0.6 is 0 Å². The molecule has 0 radical (unpaired) electrons. The van der Waals surface area contributed by atoms with Gasteiger partial charge in [0, 0.05) is 32.3 Å². The van der Waals surface area contributed by atoms with E-state index in [1.54, 1.807) is 13.3 Å². The molecule has 1 atom stereocenters. The third-order valence-corrected chi connectivity index (χ3v) is 6.91. The van der Waals surface area contributed by atoms with Crippen LogP contribution in [-0.4, -0.2) is 49.1 Å². The van der Waals surface area contributed by atoms with Crippen LogP contribution in [0.3, 0.4) is 0 Å². The highest BCUT2D eigenvalue weighted by molar-refractivity contribution is 5.92. The number of anilines is 1. The number of rotatable bonds is 8. The highest BCUT2D eigenvalue weighted by atomic mass is 16.5. The van der Waals surface area contributed by atoms with E-state index in [9.17, 15) is 4.79 Å². The molecule has 2 fully saturated rings. The van der Waals surface area contributed by atoms with Crippen molar-refractivity contribution in [3.05, 3.63) is 54.2 Å². The maximum absolute atomic E-state index is 13.2. The highest BCUT2D eigenvalue weighted by Crippen LogP contribution is 2.29. The third-order valence-electron chi connectivity index (χ3n) is 6.91. The molecule has 1 aromatic heterocycles. The van der Waals surface area contributed by atoms with Crippen LogP contribution in [0.4, 0.5) is 5.82 Å². The number of carbonyl (C=O) groups excluding carboxylic acids is 1. The minimum absolute atomic E-state index is 0.233. The standard InChI is InChI=1S/C26H35N3O2/c1-31-24-12-10-22(11-13-24)23-14-16-28(20-23)17-18-29(25-9-5-6-15-27-25)26(30)19-21-7-3-2-4-8-21/h5-6,9-13,15,21,23H,2-4,7-8,14,16-20H2,1H3. The van der Waals surface area contributed by atoms with E-state index in [-0.39, 0.29) is 5.91 Å². The van der Waals surface area contributed by atoms with Crippen molar-refractivity contribution >= 4 is 11.7 Å². The zero-order valence-corrected chi connectivity index (χ0v) is 18.7. The summed E-state index contributed by atoms with van der Waals surface area (Å²) in [6, 6.07) is 14.3. The Bertz CT molecular complexity index is 818. The van der Waals surface area contributed by atoms with E-state index >= 15 is 0 Å². The number of ether oxygens (including phenoxy) is 1. The molecule has 166 valence electrons. The number of carbonyl (C=O) groups is 1. The van der Waals surface area contributed by atoms with Crippen molar-refractivity contribution in [3.8, 4) is 5.75 Å². The van der Waals surface area contributed by atoms with Crippen molar-refractivity contribution < 1.29 is 9.53 Å². The van der Waals surface area contributed by atoms with Crippen LogP contribution < -0.4 is 9.64 Å².